The second-order valence-electron chi connectivity index (χ2n) is 6.30. The van der Waals surface area contributed by atoms with E-state index in [4.69, 9.17) is 9.47 Å². The number of esters is 1. The number of anilines is 1. The van der Waals surface area contributed by atoms with Gasteiger partial charge in [0.05, 0.1) is 4.90 Å². The van der Waals surface area contributed by atoms with Crippen LogP contribution in [0, 0.1) is 6.92 Å². The SMILES string of the molecule is CC(=O)Nc1ccc(S(=O)(=O)N(C)CC(=O)OCCOc2ccccc2C)cc1. The molecule has 2 aromatic carbocycles. The Morgan fingerprint density at radius 3 is 2.31 bits per heavy atom. The van der Waals surface area contributed by atoms with Crippen LogP contribution in [0.2, 0.25) is 0 Å². The molecule has 0 aliphatic rings. The van der Waals surface area contributed by atoms with Crippen LogP contribution in [0.5, 0.6) is 5.75 Å². The number of hydrogen-bond donors (Lipinski definition) is 1. The Kier molecular flexibility index (Phi) is 7.74. The molecule has 0 aromatic heterocycles. The summed E-state index contributed by atoms with van der Waals surface area (Å²) in [4.78, 5) is 23.0. The molecule has 0 unspecified atom stereocenters. The highest BCUT2D eigenvalue weighted by Crippen LogP contribution is 2.18. The molecule has 0 saturated carbocycles. The molecular formula is C20H24N2O6S. The summed E-state index contributed by atoms with van der Waals surface area (Å²) in [5.41, 5.74) is 1.45. The van der Waals surface area contributed by atoms with Crippen molar-refractivity contribution < 1.29 is 27.5 Å². The van der Waals surface area contributed by atoms with Crippen LogP contribution in [0.25, 0.3) is 0 Å². The summed E-state index contributed by atoms with van der Waals surface area (Å²) in [7, 11) is -2.58. The van der Waals surface area contributed by atoms with E-state index in [-0.39, 0.29) is 24.0 Å². The Hall–Kier alpha value is -2.91. The molecule has 0 atom stereocenters. The van der Waals surface area contributed by atoms with Gasteiger partial charge in [0, 0.05) is 19.7 Å². The number of para-hydroxylation sites is 1. The third kappa shape index (κ3) is 6.58. The molecule has 29 heavy (non-hydrogen) atoms. The van der Waals surface area contributed by atoms with Gasteiger partial charge in [-0.15, -0.1) is 0 Å². The number of benzene rings is 2. The van der Waals surface area contributed by atoms with Crippen LogP contribution >= 0.6 is 0 Å². The van der Waals surface area contributed by atoms with Crippen molar-refractivity contribution in [3.8, 4) is 5.75 Å². The predicted molar refractivity (Wildman–Crippen MR) is 108 cm³/mol. The van der Waals surface area contributed by atoms with Crippen molar-refractivity contribution in [2.75, 3.05) is 32.1 Å². The molecule has 0 spiro atoms. The number of ether oxygens (including phenoxy) is 2. The molecular weight excluding hydrogens is 396 g/mol. The zero-order valence-electron chi connectivity index (χ0n) is 16.5. The molecule has 0 heterocycles. The van der Waals surface area contributed by atoms with Crippen LogP contribution < -0.4 is 10.1 Å². The fourth-order valence-electron chi connectivity index (χ4n) is 2.43. The van der Waals surface area contributed by atoms with E-state index in [1.807, 2.05) is 31.2 Å². The summed E-state index contributed by atoms with van der Waals surface area (Å²) in [5, 5.41) is 2.56. The van der Waals surface area contributed by atoms with Gasteiger partial charge in [-0.2, -0.15) is 4.31 Å². The quantitative estimate of drug-likeness (QED) is 0.493. The largest absolute Gasteiger partial charge is 0.490 e. The molecule has 0 radical (unpaired) electrons. The Balaban J connectivity index is 1.84. The zero-order valence-corrected chi connectivity index (χ0v) is 17.4. The van der Waals surface area contributed by atoms with E-state index < -0.39 is 22.5 Å². The van der Waals surface area contributed by atoms with Crippen LogP contribution in [0.4, 0.5) is 5.69 Å². The molecule has 2 rings (SSSR count). The zero-order chi connectivity index (χ0) is 21.4. The lowest BCUT2D eigenvalue weighted by Gasteiger charge is -2.17. The van der Waals surface area contributed by atoms with Gasteiger partial charge in [0.15, 0.2) is 0 Å². The molecule has 0 aliphatic heterocycles. The highest BCUT2D eigenvalue weighted by Gasteiger charge is 2.23. The predicted octanol–water partition coefficient (Wildman–Crippen LogP) is 2.20. The molecule has 0 fully saturated rings. The minimum Gasteiger partial charge on any atom is -0.490 e. The Morgan fingerprint density at radius 1 is 1.03 bits per heavy atom. The number of aryl methyl sites for hydroxylation is 1. The molecule has 156 valence electrons. The summed E-state index contributed by atoms with van der Waals surface area (Å²) in [5.74, 6) is -0.239. The van der Waals surface area contributed by atoms with Crippen molar-refractivity contribution in [2.45, 2.75) is 18.7 Å². The van der Waals surface area contributed by atoms with E-state index in [1.165, 1.54) is 38.2 Å². The Bertz CT molecular complexity index is 957. The Morgan fingerprint density at radius 2 is 1.69 bits per heavy atom. The average Bonchev–Trinajstić information content (AvgIpc) is 2.66. The number of sulfonamides is 1. The fourth-order valence-corrected chi connectivity index (χ4v) is 3.55. The van der Waals surface area contributed by atoms with Crippen molar-refractivity contribution >= 4 is 27.6 Å². The molecule has 0 bridgehead atoms. The highest BCUT2D eigenvalue weighted by atomic mass is 32.2. The average molecular weight is 420 g/mol. The van der Waals surface area contributed by atoms with Gasteiger partial charge in [-0.3, -0.25) is 9.59 Å². The van der Waals surface area contributed by atoms with Gasteiger partial charge < -0.3 is 14.8 Å². The third-order valence-corrected chi connectivity index (χ3v) is 5.75. The van der Waals surface area contributed by atoms with Crippen molar-refractivity contribution in [3.63, 3.8) is 0 Å². The number of hydrogen-bond acceptors (Lipinski definition) is 6. The maximum absolute atomic E-state index is 12.6. The van der Waals surface area contributed by atoms with Crippen LogP contribution in [0.15, 0.2) is 53.4 Å². The van der Waals surface area contributed by atoms with Gasteiger partial charge in [-0.25, -0.2) is 8.42 Å². The van der Waals surface area contributed by atoms with E-state index in [0.717, 1.165) is 9.87 Å². The van der Waals surface area contributed by atoms with E-state index in [2.05, 4.69) is 5.32 Å². The number of amides is 1. The number of likely N-dealkylation sites (N-methyl/N-ethyl adjacent to an activating group) is 1. The molecule has 1 amide bonds. The lowest BCUT2D eigenvalue weighted by atomic mass is 10.2. The number of carbonyl (C=O) groups excluding carboxylic acids is 2. The van der Waals surface area contributed by atoms with Crippen molar-refractivity contribution in [3.05, 3.63) is 54.1 Å². The molecule has 0 saturated heterocycles. The number of nitrogens with one attached hydrogen (secondary N) is 1. The summed E-state index contributed by atoms with van der Waals surface area (Å²) in [6.45, 7) is 3.00. The summed E-state index contributed by atoms with van der Waals surface area (Å²) < 4.78 is 36.6. The van der Waals surface area contributed by atoms with Gasteiger partial charge in [0.1, 0.15) is 25.5 Å². The summed E-state index contributed by atoms with van der Waals surface area (Å²) in [6, 6.07) is 13.1. The van der Waals surface area contributed by atoms with Gasteiger partial charge in [0.25, 0.3) is 0 Å². The maximum Gasteiger partial charge on any atom is 0.321 e. The smallest absolute Gasteiger partial charge is 0.321 e. The first kappa shape index (κ1) is 22.4. The highest BCUT2D eigenvalue weighted by molar-refractivity contribution is 7.89. The molecule has 0 aliphatic carbocycles. The Labute approximate surface area is 170 Å². The minimum atomic E-state index is -3.87. The summed E-state index contributed by atoms with van der Waals surface area (Å²) in [6.07, 6.45) is 0. The van der Waals surface area contributed by atoms with E-state index in [9.17, 15) is 18.0 Å². The first-order valence-electron chi connectivity index (χ1n) is 8.88. The number of rotatable bonds is 9. The van der Waals surface area contributed by atoms with E-state index in [0.29, 0.717) is 11.4 Å². The van der Waals surface area contributed by atoms with E-state index in [1.54, 1.807) is 0 Å². The van der Waals surface area contributed by atoms with Crippen LogP contribution in [0.1, 0.15) is 12.5 Å². The standard InChI is InChI=1S/C20H24N2O6S/c1-15-6-4-5-7-19(15)27-12-13-28-20(24)14-22(3)29(25,26)18-10-8-17(9-11-18)21-16(2)23/h4-11H,12-14H2,1-3H3,(H,21,23). The molecule has 9 heteroatoms. The van der Waals surface area contributed by atoms with Crippen molar-refractivity contribution in [1.29, 1.82) is 0 Å². The topological polar surface area (TPSA) is 102 Å². The van der Waals surface area contributed by atoms with Crippen molar-refractivity contribution in [2.24, 2.45) is 0 Å². The summed E-state index contributed by atoms with van der Waals surface area (Å²) >= 11 is 0. The van der Waals surface area contributed by atoms with Crippen LogP contribution in [0.3, 0.4) is 0 Å². The first-order valence-corrected chi connectivity index (χ1v) is 10.3. The van der Waals surface area contributed by atoms with Crippen LogP contribution in [-0.4, -0.2) is 51.4 Å². The van der Waals surface area contributed by atoms with Gasteiger partial charge >= 0.3 is 5.97 Å². The van der Waals surface area contributed by atoms with E-state index >= 15 is 0 Å². The molecule has 8 nitrogen and oxygen atoms in total. The van der Waals surface area contributed by atoms with Gasteiger partial charge in [0.2, 0.25) is 15.9 Å². The normalized spacial score (nSPS) is 11.2. The second-order valence-corrected chi connectivity index (χ2v) is 8.35. The molecule has 2 aromatic rings. The number of carbonyl (C=O) groups is 2. The third-order valence-electron chi connectivity index (χ3n) is 3.93. The fraction of sp³-hybridized carbons (Fsp3) is 0.300. The maximum atomic E-state index is 12.6. The monoisotopic (exact) mass is 420 g/mol. The lowest BCUT2D eigenvalue weighted by Crippen LogP contribution is -2.33. The second kappa shape index (κ2) is 10.0. The first-order chi connectivity index (χ1) is 13.7. The van der Waals surface area contributed by atoms with Gasteiger partial charge in [-0.05, 0) is 42.8 Å². The van der Waals surface area contributed by atoms with Crippen molar-refractivity contribution in [1.82, 2.24) is 4.31 Å². The van der Waals surface area contributed by atoms with Crippen LogP contribution in [-0.2, 0) is 24.3 Å². The molecule has 1 N–H and O–H groups in total. The van der Waals surface area contributed by atoms with Gasteiger partial charge in [-0.1, -0.05) is 18.2 Å². The number of nitrogens with zero attached hydrogens (tertiary/aromatic N) is 1. The minimum absolute atomic E-state index is 0.00443. The lowest BCUT2D eigenvalue weighted by molar-refractivity contribution is -0.144.